The minimum Gasteiger partial charge on any atom is -0.382 e. The van der Waals surface area contributed by atoms with Gasteiger partial charge in [-0.25, -0.2) is 0 Å². The summed E-state index contributed by atoms with van der Waals surface area (Å²) in [6.45, 7) is 5.17. The van der Waals surface area contributed by atoms with Crippen LogP contribution in [0.15, 0.2) is 12.1 Å². The number of fused-ring (bicyclic) bond motifs is 1. The average molecular weight is 204 g/mol. The zero-order chi connectivity index (χ0) is 10.8. The molecule has 1 aliphatic heterocycles. The minimum absolute atomic E-state index is 0.601. The monoisotopic (exact) mass is 204 g/mol. The zero-order valence-electron chi connectivity index (χ0n) is 9.64. The van der Waals surface area contributed by atoms with Crippen molar-refractivity contribution in [3.8, 4) is 0 Å². The summed E-state index contributed by atoms with van der Waals surface area (Å²) in [7, 11) is 0. The highest BCUT2D eigenvalue weighted by Gasteiger charge is 2.21. The number of anilines is 1. The molecule has 3 N–H and O–H groups in total. The molecular weight excluding hydrogens is 184 g/mol. The van der Waals surface area contributed by atoms with E-state index in [4.69, 9.17) is 5.73 Å². The first-order valence-electron chi connectivity index (χ1n) is 5.78. The van der Waals surface area contributed by atoms with E-state index in [9.17, 15) is 0 Å². The van der Waals surface area contributed by atoms with Gasteiger partial charge in [0.2, 0.25) is 0 Å². The summed E-state index contributed by atoms with van der Waals surface area (Å²) in [5.41, 5.74) is 11.2. The van der Waals surface area contributed by atoms with E-state index in [1.807, 2.05) is 0 Å². The zero-order valence-corrected chi connectivity index (χ0v) is 9.64. The lowest BCUT2D eigenvalue weighted by atomic mass is 10.0. The van der Waals surface area contributed by atoms with Crippen LogP contribution >= 0.6 is 0 Å². The second-order valence-electron chi connectivity index (χ2n) is 4.52. The molecule has 1 aromatic carbocycles. The summed E-state index contributed by atoms with van der Waals surface area (Å²) in [5.74, 6) is 0. The standard InChI is InChI=1S/C13H20N2/c1-9-5-6-11-8-12(4-3-7-14)15-13(11)10(9)2/h5-6,12,15H,3-4,7-8,14H2,1-2H3. The maximum absolute atomic E-state index is 5.54. The fraction of sp³-hybridized carbons (Fsp3) is 0.538. The van der Waals surface area contributed by atoms with Crippen LogP contribution in [0.25, 0.3) is 0 Å². The summed E-state index contributed by atoms with van der Waals surface area (Å²) in [6.07, 6.45) is 3.46. The van der Waals surface area contributed by atoms with Gasteiger partial charge in [0, 0.05) is 11.7 Å². The third kappa shape index (κ3) is 2.00. The average Bonchev–Trinajstić information content (AvgIpc) is 2.64. The van der Waals surface area contributed by atoms with Crippen molar-refractivity contribution < 1.29 is 0 Å². The lowest BCUT2D eigenvalue weighted by Gasteiger charge is -2.11. The molecule has 1 aliphatic rings. The van der Waals surface area contributed by atoms with Crippen LogP contribution in [0, 0.1) is 13.8 Å². The minimum atomic E-state index is 0.601. The molecule has 0 radical (unpaired) electrons. The summed E-state index contributed by atoms with van der Waals surface area (Å²) in [4.78, 5) is 0. The molecule has 0 saturated heterocycles. The fourth-order valence-electron chi connectivity index (χ4n) is 2.30. The van der Waals surface area contributed by atoms with E-state index in [1.54, 1.807) is 0 Å². The van der Waals surface area contributed by atoms with Crippen LogP contribution in [0.5, 0.6) is 0 Å². The Bertz CT molecular complexity index is 358. The van der Waals surface area contributed by atoms with Gasteiger partial charge in [-0.1, -0.05) is 12.1 Å². The molecule has 1 atom stereocenters. The van der Waals surface area contributed by atoms with Crippen molar-refractivity contribution in [2.45, 2.75) is 39.2 Å². The van der Waals surface area contributed by atoms with Crippen LogP contribution in [0.1, 0.15) is 29.5 Å². The topological polar surface area (TPSA) is 38.0 Å². The second-order valence-corrected chi connectivity index (χ2v) is 4.52. The van der Waals surface area contributed by atoms with E-state index in [0.29, 0.717) is 6.04 Å². The third-order valence-corrected chi connectivity index (χ3v) is 3.39. The molecular formula is C13H20N2. The van der Waals surface area contributed by atoms with Crippen LogP contribution < -0.4 is 11.1 Å². The third-order valence-electron chi connectivity index (χ3n) is 3.39. The molecule has 2 heteroatoms. The number of nitrogens with one attached hydrogen (secondary N) is 1. The largest absolute Gasteiger partial charge is 0.382 e. The number of aryl methyl sites for hydroxylation is 1. The van der Waals surface area contributed by atoms with Crippen LogP contribution in [-0.2, 0) is 6.42 Å². The number of rotatable bonds is 3. The Morgan fingerprint density at radius 1 is 1.40 bits per heavy atom. The number of hydrogen-bond donors (Lipinski definition) is 2. The van der Waals surface area contributed by atoms with Gasteiger partial charge in [-0.05, 0) is 56.3 Å². The van der Waals surface area contributed by atoms with Crippen LogP contribution in [-0.4, -0.2) is 12.6 Å². The summed E-state index contributed by atoms with van der Waals surface area (Å²) >= 11 is 0. The van der Waals surface area contributed by atoms with E-state index in [2.05, 4.69) is 31.3 Å². The molecule has 0 aliphatic carbocycles. The first-order chi connectivity index (χ1) is 7.22. The van der Waals surface area contributed by atoms with Crippen molar-refractivity contribution in [1.29, 1.82) is 0 Å². The summed E-state index contributed by atoms with van der Waals surface area (Å²) in [6, 6.07) is 5.08. The molecule has 2 nitrogen and oxygen atoms in total. The maximum Gasteiger partial charge on any atom is 0.0408 e. The molecule has 82 valence electrons. The Morgan fingerprint density at radius 3 is 2.93 bits per heavy atom. The number of benzene rings is 1. The Morgan fingerprint density at radius 2 is 2.20 bits per heavy atom. The van der Waals surface area contributed by atoms with Gasteiger partial charge in [0.1, 0.15) is 0 Å². The maximum atomic E-state index is 5.54. The molecule has 1 aromatic rings. The molecule has 2 rings (SSSR count). The Hall–Kier alpha value is -1.02. The van der Waals surface area contributed by atoms with Gasteiger partial charge < -0.3 is 11.1 Å². The van der Waals surface area contributed by atoms with Crippen molar-refractivity contribution >= 4 is 5.69 Å². The van der Waals surface area contributed by atoms with Crippen LogP contribution in [0.4, 0.5) is 5.69 Å². The predicted molar refractivity (Wildman–Crippen MR) is 65.3 cm³/mol. The molecule has 0 spiro atoms. The van der Waals surface area contributed by atoms with Crippen molar-refractivity contribution in [1.82, 2.24) is 0 Å². The highest BCUT2D eigenvalue weighted by atomic mass is 15.0. The smallest absolute Gasteiger partial charge is 0.0408 e. The highest BCUT2D eigenvalue weighted by molar-refractivity contribution is 5.63. The van der Waals surface area contributed by atoms with E-state index >= 15 is 0 Å². The molecule has 0 fully saturated rings. The van der Waals surface area contributed by atoms with E-state index in [1.165, 1.54) is 28.8 Å². The lowest BCUT2D eigenvalue weighted by Crippen LogP contribution is -2.17. The Labute approximate surface area is 91.9 Å². The molecule has 1 heterocycles. The van der Waals surface area contributed by atoms with Crippen LogP contribution in [0.2, 0.25) is 0 Å². The Kier molecular flexibility index (Phi) is 2.96. The van der Waals surface area contributed by atoms with Gasteiger partial charge in [0.05, 0.1) is 0 Å². The molecule has 1 unspecified atom stereocenters. The SMILES string of the molecule is Cc1ccc2c(c1C)NC(CCCN)C2. The van der Waals surface area contributed by atoms with Crippen molar-refractivity contribution in [3.05, 3.63) is 28.8 Å². The van der Waals surface area contributed by atoms with Crippen LogP contribution in [0.3, 0.4) is 0 Å². The van der Waals surface area contributed by atoms with Gasteiger partial charge in [-0.3, -0.25) is 0 Å². The lowest BCUT2D eigenvalue weighted by molar-refractivity contribution is 0.639. The fourth-order valence-corrected chi connectivity index (χ4v) is 2.30. The summed E-state index contributed by atoms with van der Waals surface area (Å²) in [5, 5.41) is 3.62. The summed E-state index contributed by atoms with van der Waals surface area (Å²) < 4.78 is 0. The number of nitrogens with two attached hydrogens (primary N) is 1. The Balaban J connectivity index is 2.13. The van der Waals surface area contributed by atoms with Crippen molar-refractivity contribution in [3.63, 3.8) is 0 Å². The molecule has 0 saturated carbocycles. The van der Waals surface area contributed by atoms with Gasteiger partial charge in [-0.15, -0.1) is 0 Å². The molecule has 0 amide bonds. The second kappa shape index (κ2) is 4.23. The molecule has 0 bridgehead atoms. The van der Waals surface area contributed by atoms with E-state index in [0.717, 1.165) is 19.4 Å². The first kappa shape index (κ1) is 10.5. The predicted octanol–water partition coefficient (Wildman–Crippen LogP) is 2.38. The normalized spacial score (nSPS) is 18.7. The first-order valence-corrected chi connectivity index (χ1v) is 5.78. The van der Waals surface area contributed by atoms with Gasteiger partial charge in [0.15, 0.2) is 0 Å². The number of hydrogen-bond acceptors (Lipinski definition) is 2. The molecule has 15 heavy (non-hydrogen) atoms. The highest BCUT2D eigenvalue weighted by Crippen LogP contribution is 2.32. The van der Waals surface area contributed by atoms with Gasteiger partial charge in [0.25, 0.3) is 0 Å². The quantitative estimate of drug-likeness (QED) is 0.793. The van der Waals surface area contributed by atoms with E-state index in [-0.39, 0.29) is 0 Å². The van der Waals surface area contributed by atoms with Gasteiger partial charge >= 0.3 is 0 Å². The van der Waals surface area contributed by atoms with E-state index < -0.39 is 0 Å². The van der Waals surface area contributed by atoms with Crippen molar-refractivity contribution in [2.24, 2.45) is 5.73 Å². The van der Waals surface area contributed by atoms with Gasteiger partial charge in [-0.2, -0.15) is 0 Å². The van der Waals surface area contributed by atoms with Crippen molar-refractivity contribution in [2.75, 3.05) is 11.9 Å². The molecule has 0 aromatic heterocycles.